The zero-order valence-corrected chi connectivity index (χ0v) is 18.5. The lowest BCUT2D eigenvalue weighted by Gasteiger charge is -2.33. The van der Waals surface area contributed by atoms with Gasteiger partial charge < -0.3 is 19.3 Å². The van der Waals surface area contributed by atoms with E-state index in [0.717, 1.165) is 4.90 Å². The molecule has 3 atom stereocenters. The summed E-state index contributed by atoms with van der Waals surface area (Å²) in [5.41, 5.74) is -1.69. The molecule has 0 bridgehead atoms. The zero-order valence-electron chi connectivity index (χ0n) is 18.5. The SMILES string of the molecule is C[C@@H]1COC(=O)N1C(=O)[C@@H](CCC(=O)OC(C)(C)C)CC1COC(C)(C)N1C(=O)O. The number of amides is 3. The zero-order chi connectivity index (χ0) is 22.9. The highest BCUT2D eigenvalue weighted by atomic mass is 16.6. The first kappa shape index (κ1) is 23.9. The molecule has 0 saturated carbocycles. The number of hydrogen-bond acceptors (Lipinski definition) is 7. The first-order chi connectivity index (χ1) is 13.7. The third-order valence-electron chi connectivity index (χ3n) is 5.13. The lowest BCUT2D eigenvalue weighted by Crippen LogP contribution is -2.49. The van der Waals surface area contributed by atoms with Crippen LogP contribution in [0.15, 0.2) is 0 Å². The van der Waals surface area contributed by atoms with Gasteiger partial charge in [-0.2, -0.15) is 0 Å². The Hall–Kier alpha value is -2.36. The molecule has 2 aliphatic rings. The van der Waals surface area contributed by atoms with Gasteiger partial charge in [0.25, 0.3) is 0 Å². The van der Waals surface area contributed by atoms with Crippen LogP contribution in [-0.2, 0) is 23.8 Å². The van der Waals surface area contributed by atoms with Crippen LogP contribution in [0.5, 0.6) is 0 Å². The summed E-state index contributed by atoms with van der Waals surface area (Å²) in [6.07, 6.45) is -1.68. The van der Waals surface area contributed by atoms with Gasteiger partial charge in [0, 0.05) is 12.3 Å². The maximum Gasteiger partial charge on any atom is 0.416 e. The van der Waals surface area contributed by atoms with Crippen LogP contribution in [0.3, 0.4) is 0 Å². The molecular weight excluding hydrogens is 396 g/mol. The Kier molecular flexibility index (Phi) is 7.01. The minimum atomic E-state index is -1.16. The Bertz CT molecular complexity index is 699. The second-order valence-electron chi connectivity index (χ2n) is 9.26. The average Bonchev–Trinajstić information content (AvgIpc) is 3.07. The molecule has 0 aromatic carbocycles. The third kappa shape index (κ3) is 5.62. The number of nitrogens with zero attached hydrogens (tertiary/aromatic N) is 2. The normalized spacial score (nSPS) is 24.5. The smallest absolute Gasteiger partial charge is 0.416 e. The van der Waals surface area contributed by atoms with Gasteiger partial charge in [0.15, 0.2) is 0 Å². The first-order valence-corrected chi connectivity index (χ1v) is 10.1. The molecule has 1 unspecified atom stereocenters. The van der Waals surface area contributed by atoms with E-state index in [2.05, 4.69) is 0 Å². The van der Waals surface area contributed by atoms with Crippen LogP contribution in [0.4, 0.5) is 9.59 Å². The summed E-state index contributed by atoms with van der Waals surface area (Å²) in [5, 5.41) is 9.61. The molecule has 0 aliphatic carbocycles. The third-order valence-corrected chi connectivity index (χ3v) is 5.13. The van der Waals surface area contributed by atoms with Crippen LogP contribution in [-0.4, -0.2) is 75.6 Å². The van der Waals surface area contributed by atoms with Crippen LogP contribution < -0.4 is 0 Å². The molecule has 30 heavy (non-hydrogen) atoms. The molecule has 10 heteroatoms. The summed E-state index contributed by atoms with van der Waals surface area (Å²) in [7, 11) is 0. The van der Waals surface area contributed by atoms with Crippen molar-refractivity contribution in [2.24, 2.45) is 5.92 Å². The Morgan fingerprint density at radius 2 is 1.90 bits per heavy atom. The van der Waals surface area contributed by atoms with Crippen LogP contribution in [0, 0.1) is 5.92 Å². The number of ether oxygens (including phenoxy) is 3. The van der Waals surface area contributed by atoms with Crippen molar-refractivity contribution >= 4 is 24.1 Å². The predicted octanol–water partition coefficient (Wildman–Crippen LogP) is 2.60. The topological polar surface area (TPSA) is 123 Å². The number of cyclic esters (lactones) is 1. The fourth-order valence-electron chi connectivity index (χ4n) is 3.82. The standard InChI is InChI=1S/C20H32N2O8/c1-12-10-28-18(27)21(12)16(24)13(7-8-15(23)30-19(2,3)4)9-14-11-29-20(5,6)22(14)17(25)26/h12-14H,7-11H2,1-6H3,(H,25,26)/t12-,13+,14?/m1/s1. The maximum absolute atomic E-state index is 13.2. The van der Waals surface area contributed by atoms with E-state index in [-0.39, 0.29) is 32.5 Å². The lowest BCUT2D eigenvalue weighted by molar-refractivity contribution is -0.155. The van der Waals surface area contributed by atoms with Gasteiger partial charge in [-0.1, -0.05) is 0 Å². The Morgan fingerprint density at radius 3 is 2.40 bits per heavy atom. The highest BCUT2D eigenvalue weighted by Crippen LogP contribution is 2.33. The van der Waals surface area contributed by atoms with Gasteiger partial charge in [0.2, 0.25) is 5.91 Å². The van der Waals surface area contributed by atoms with Crippen LogP contribution in [0.2, 0.25) is 0 Å². The molecule has 2 heterocycles. The minimum Gasteiger partial charge on any atom is -0.465 e. The number of carbonyl (C=O) groups excluding carboxylic acids is 3. The van der Waals surface area contributed by atoms with Crippen molar-refractivity contribution < 1.29 is 38.5 Å². The first-order valence-electron chi connectivity index (χ1n) is 10.1. The van der Waals surface area contributed by atoms with Gasteiger partial charge in [-0.3, -0.25) is 14.5 Å². The number of rotatable bonds is 6. The number of carboxylic acid groups (broad SMARTS) is 1. The monoisotopic (exact) mass is 428 g/mol. The molecule has 170 valence electrons. The van der Waals surface area contributed by atoms with Gasteiger partial charge >= 0.3 is 18.2 Å². The Labute approximate surface area is 176 Å². The van der Waals surface area contributed by atoms with E-state index in [0.29, 0.717) is 0 Å². The average molecular weight is 428 g/mol. The van der Waals surface area contributed by atoms with Crippen molar-refractivity contribution in [1.82, 2.24) is 9.80 Å². The summed E-state index contributed by atoms with van der Waals surface area (Å²) in [5.74, 6) is -1.71. The van der Waals surface area contributed by atoms with E-state index in [9.17, 15) is 24.3 Å². The van der Waals surface area contributed by atoms with E-state index >= 15 is 0 Å². The molecule has 2 aliphatic heterocycles. The lowest BCUT2D eigenvalue weighted by atomic mass is 9.92. The van der Waals surface area contributed by atoms with Crippen LogP contribution in [0.1, 0.15) is 60.8 Å². The fraction of sp³-hybridized carbons (Fsp3) is 0.800. The summed E-state index contributed by atoms with van der Waals surface area (Å²) < 4.78 is 15.9. The van der Waals surface area contributed by atoms with E-state index in [1.807, 2.05) is 0 Å². The molecule has 2 rings (SSSR count). The van der Waals surface area contributed by atoms with Crippen molar-refractivity contribution in [3.05, 3.63) is 0 Å². The van der Waals surface area contributed by atoms with Crippen LogP contribution >= 0.6 is 0 Å². The van der Waals surface area contributed by atoms with Gasteiger partial charge in [-0.05, 0) is 54.4 Å². The van der Waals surface area contributed by atoms with Gasteiger partial charge in [0.1, 0.15) is 17.9 Å². The largest absolute Gasteiger partial charge is 0.465 e. The van der Waals surface area contributed by atoms with E-state index in [1.165, 1.54) is 4.90 Å². The molecule has 3 amide bonds. The molecule has 10 nitrogen and oxygen atoms in total. The second-order valence-corrected chi connectivity index (χ2v) is 9.26. The molecule has 1 N–H and O–H groups in total. The highest BCUT2D eigenvalue weighted by Gasteiger charge is 2.47. The molecule has 0 radical (unpaired) electrons. The number of carbonyl (C=O) groups is 4. The van der Waals surface area contributed by atoms with Gasteiger partial charge in [-0.25, -0.2) is 14.5 Å². The van der Waals surface area contributed by atoms with Crippen LogP contribution in [0.25, 0.3) is 0 Å². The van der Waals surface area contributed by atoms with Crippen molar-refractivity contribution in [2.75, 3.05) is 13.2 Å². The summed E-state index contributed by atoms with van der Waals surface area (Å²) in [4.78, 5) is 51.4. The second kappa shape index (κ2) is 8.79. The summed E-state index contributed by atoms with van der Waals surface area (Å²) >= 11 is 0. The van der Waals surface area contributed by atoms with Gasteiger partial charge in [-0.15, -0.1) is 0 Å². The molecule has 0 aromatic rings. The number of hydrogen-bond donors (Lipinski definition) is 1. The quantitative estimate of drug-likeness (QED) is 0.641. The Balaban J connectivity index is 2.18. The van der Waals surface area contributed by atoms with E-state index < -0.39 is 53.4 Å². The summed E-state index contributed by atoms with van der Waals surface area (Å²) in [6.45, 7) is 10.4. The van der Waals surface area contributed by atoms with Crippen molar-refractivity contribution in [1.29, 1.82) is 0 Å². The number of imide groups is 1. The molecule has 0 spiro atoms. The molecule has 2 saturated heterocycles. The number of esters is 1. The van der Waals surface area contributed by atoms with Crippen molar-refractivity contribution in [2.45, 2.75) is 84.2 Å². The Morgan fingerprint density at radius 1 is 1.27 bits per heavy atom. The molecule has 2 fully saturated rings. The minimum absolute atomic E-state index is 0.0328. The predicted molar refractivity (Wildman–Crippen MR) is 105 cm³/mol. The maximum atomic E-state index is 13.2. The van der Waals surface area contributed by atoms with Crippen molar-refractivity contribution in [3.63, 3.8) is 0 Å². The van der Waals surface area contributed by atoms with E-state index in [4.69, 9.17) is 14.2 Å². The summed E-state index contributed by atoms with van der Waals surface area (Å²) in [6, 6.07) is -1.01. The fourth-order valence-corrected chi connectivity index (χ4v) is 3.82. The van der Waals surface area contributed by atoms with Gasteiger partial charge in [0.05, 0.1) is 18.7 Å². The molecule has 0 aromatic heterocycles. The van der Waals surface area contributed by atoms with Crippen molar-refractivity contribution in [3.8, 4) is 0 Å². The van der Waals surface area contributed by atoms with E-state index in [1.54, 1.807) is 41.5 Å². The molecular formula is C20H32N2O8. The highest BCUT2D eigenvalue weighted by molar-refractivity contribution is 5.95.